The molecule has 114 valence electrons. The van der Waals surface area contributed by atoms with E-state index in [1.54, 1.807) is 11.1 Å². The lowest BCUT2D eigenvalue weighted by Gasteiger charge is -2.29. The van der Waals surface area contributed by atoms with E-state index in [0.717, 1.165) is 17.8 Å². The second kappa shape index (κ2) is 5.75. The van der Waals surface area contributed by atoms with Crippen LogP contribution in [0.5, 0.6) is 0 Å². The monoisotopic (exact) mass is 301 g/mol. The molecule has 2 rings (SSSR count). The van der Waals surface area contributed by atoms with Crippen LogP contribution in [0.2, 0.25) is 0 Å². The quantitative estimate of drug-likeness (QED) is 0.866. The normalized spacial score (nSPS) is 12.0. The van der Waals surface area contributed by atoms with E-state index in [1.807, 2.05) is 13.8 Å². The number of hydrogen-bond donors (Lipinski definition) is 1. The number of nitrogens with one attached hydrogen (secondary N) is 1. The van der Waals surface area contributed by atoms with Gasteiger partial charge in [-0.25, -0.2) is 9.37 Å². The average Bonchev–Trinajstić information content (AvgIpc) is 2.86. The van der Waals surface area contributed by atoms with Crippen molar-refractivity contribution in [3.05, 3.63) is 47.8 Å². The minimum Gasteiger partial charge on any atom is -0.363 e. The van der Waals surface area contributed by atoms with Crippen molar-refractivity contribution in [2.75, 3.05) is 4.90 Å². The van der Waals surface area contributed by atoms with Gasteiger partial charge in [0.05, 0.1) is 24.1 Å². The highest BCUT2D eigenvalue weighted by atomic mass is 19.4. The molecule has 0 atom stereocenters. The first-order valence-electron chi connectivity index (χ1n) is 6.39. The van der Waals surface area contributed by atoms with Crippen LogP contribution in [0.3, 0.4) is 0 Å². The molecule has 7 heteroatoms. The molecule has 0 saturated heterocycles. The third-order valence-electron chi connectivity index (χ3n) is 3.11. The SMILES string of the molecule is CC(C)N(Cc1cnc[nH]1)c1ccc(C(F)(F)F)c(F)c1. The van der Waals surface area contributed by atoms with Crippen LogP contribution in [0, 0.1) is 5.82 Å². The predicted molar refractivity (Wildman–Crippen MR) is 71.3 cm³/mol. The molecule has 2 aromatic rings. The third-order valence-corrected chi connectivity index (χ3v) is 3.11. The van der Waals surface area contributed by atoms with Crippen LogP contribution in [-0.4, -0.2) is 16.0 Å². The number of alkyl halides is 3. The molecule has 0 saturated carbocycles. The van der Waals surface area contributed by atoms with Gasteiger partial charge in [0.25, 0.3) is 0 Å². The fraction of sp³-hybridized carbons (Fsp3) is 0.357. The standard InChI is InChI=1S/C14H15F4N3/c1-9(2)21(7-10-6-19-8-20-10)11-3-4-12(13(15)5-11)14(16,17)18/h3-6,8-9H,7H2,1-2H3,(H,19,20). The summed E-state index contributed by atoms with van der Waals surface area (Å²) >= 11 is 0. The minimum atomic E-state index is -4.69. The zero-order chi connectivity index (χ0) is 15.6. The first-order chi connectivity index (χ1) is 9.79. The van der Waals surface area contributed by atoms with Crippen LogP contribution in [0.15, 0.2) is 30.7 Å². The molecule has 0 amide bonds. The van der Waals surface area contributed by atoms with Crippen LogP contribution in [0.4, 0.5) is 23.2 Å². The largest absolute Gasteiger partial charge is 0.419 e. The molecule has 1 heterocycles. The molecule has 1 N–H and O–H groups in total. The summed E-state index contributed by atoms with van der Waals surface area (Å²) in [4.78, 5) is 8.59. The molecule has 0 aliphatic carbocycles. The zero-order valence-electron chi connectivity index (χ0n) is 11.6. The number of aromatic nitrogens is 2. The number of aromatic amines is 1. The van der Waals surface area contributed by atoms with Crippen molar-refractivity contribution in [3.63, 3.8) is 0 Å². The number of hydrogen-bond acceptors (Lipinski definition) is 2. The fourth-order valence-electron chi connectivity index (χ4n) is 2.04. The predicted octanol–water partition coefficient (Wildman–Crippen LogP) is 3.98. The average molecular weight is 301 g/mol. The maximum Gasteiger partial charge on any atom is 0.419 e. The highest BCUT2D eigenvalue weighted by molar-refractivity contribution is 5.49. The van der Waals surface area contributed by atoms with Crippen molar-refractivity contribution < 1.29 is 17.6 Å². The molecule has 3 nitrogen and oxygen atoms in total. The van der Waals surface area contributed by atoms with Gasteiger partial charge in [-0.05, 0) is 32.0 Å². The van der Waals surface area contributed by atoms with E-state index in [4.69, 9.17) is 0 Å². The third kappa shape index (κ3) is 3.53. The van der Waals surface area contributed by atoms with E-state index in [9.17, 15) is 17.6 Å². The van der Waals surface area contributed by atoms with E-state index < -0.39 is 17.6 Å². The van der Waals surface area contributed by atoms with E-state index in [-0.39, 0.29) is 6.04 Å². The second-order valence-electron chi connectivity index (χ2n) is 4.96. The highest BCUT2D eigenvalue weighted by Gasteiger charge is 2.34. The summed E-state index contributed by atoms with van der Waals surface area (Å²) in [5, 5.41) is 0. The molecule has 0 aliphatic rings. The van der Waals surface area contributed by atoms with Gasteiger partial charge in [0, 0.05) is 17.9 Å². The van der Waals surface area contributed by atoms with Crippen molar-refractivity contribution in [2.45, 2.75) is 32.6 Å². The number of nitrogens with zero attached hydrogens (tertiary/aromatic N) is 2. The molecular weight excluding hydrogens is 286 g/mol. The van der Waals surface area contributed by atoms with Gasteiger partial charge in [-0.1, -0.05) is 0 Å². The van der Waals surface area contributed by atoms with Crippen molar-refractivity contribution in [2.24, 2.45) is 0 Å². The zero-order valence-corrected chi connectivity index (χ0v) is 11.6. The van der Waals surface area contributed by atoms with E-state index >= 15 is 0 Å². The van der Waals surface area contributed by atoms with Gasteiger partial charge in [-0.3, -0.25) is 0 Å². The molecule has 0 fully saturated rings. The van der Waals surface area contributed by atoms with E-state index in [1.165, 1.54) is 12.4 Å². The Labute approximate surface area is 119 Å². The van der Waals surface area contributed by atoms with Crippen LogP contribution in [-0.2, 0) is 12.7 Å². The summed E-state index contributed by atoms with van der Waals surface area (Å²) in [6, 6.07) is 2.96. The minimum absolute atomic E-state index is 0.00978. The Hall–Kier alpha value is -2.05. The molecule has 0 unspecified atom stereocenters. The van der Waals surface area contributed by atoms with Crippen LogP contribution >= 0.6 is 0 Å². The van der Waals surface area contributed by atoms with E-state index in [0.29, 0.717) is 12.2 Å². The first kappa shape index (κ1) is 15.3. The summed E-state index contributed by atoms with van der Waals surface area (Å²) in [5.74, 6) is -1.27. The lowest BCUT2D eigenvalue weighted by Crippen LogP contribution is -2.30. The summed E-state index contributed by atoms with van der Waals surface area (Å²) in [7, 11) is 0. The number of halogens is 4. The molecule has 0 radical (unpaired) electrons. The number of rotatable bonds is 4. The van der Waals surface area contributed by atoms with Crippen LogP contribution in [0.1, 0.15) is 25.1 Å². The van der Waals surface area contributed by atoms with Gasteiger partial charge in [0.1, 0.15) is 5.82 Å². The Bertz CT molecular complexity index is 591. The Morgan fingerprint density at radius 2 is 2.00 bits per heavy atom. The molecule has 0 bridgehead atoms. The summed E-state index contributed by atoms with van der Waals surface area (Å²) in [6.45, 7) is 4.17. The number of H-pyrrole nitrogens is 1. The topological polar surface area (TPSA) is 31.9 Å². The number of imidazole rings is 1. The van der Waals surface area contributed by atoms with Crippen molar-refractivity contribution >= 4 is 5.69 Å². The van der Waals surface area contributed by atoms with Gasteiger partial charge < -0.3 is 9.88 Å². The van der Waals surface area contributed by atoms with Crippen LogP contribution in [0.25, 0.3) is 0 Å². The van der Waals surface area contributed by atoms with Gasteiger partial charge in [-0.2, -0.15) is 13.2 Å². The lowest BCUT2D eigenvalue weighted by atomic mass is 10.1. The smallest absolute Gasteiger partial charge is 0.363 e. The summed E-state index contributed by atoms with van der Waals surface area (Å²) < 4.78 is 51.4. The number of anilines is 1. The van der Waals surface area contributed by atoms with Gasteiger partial charge >= 0.3 is 6.18 Å². The van der Waals surface area contributed by atoms with Crippen molar-refractivity contribution in [1.82, 2.24) is 9.97 Å². The first-order valence-corrected chi connectivity index (χ1v) is 6.39. The van der Waals surface area contributed by atoms with Crippen molar-refractivity contribution in [3.8, 4) is 0 Å². The summed E-state index contributed by atoms with van der Waals surface area (Å²) in [6.07, 6.45) is -1.55. The summed E-state index contributed by atoms with van der Waals surface area (Å²) in [5.41, 5.74) is -0.0643. The van der Waals surface area contributed by atoms with Gasteiger partial charge in [0.2, 0.25) is 0 Å². The Balaban J connectivity index is 2.31. The molecule has 0 spiro atoms. The van der Waals surface area contributed by atoms with Gasteiger partial charge in [0.15, 0.2) is 0 Å². The highest BCUT2D eigenvalue weighted by Crippen LogP contribution is 2.33. The molecule has 0 aliphatic heterocycles. The fourth-order valence-corrected chi connectivity index (χ4v) is 2.04. The van der Waals surface area contributed by atoms with Crippen molar-refractivity contribution in [1.29, 1.82) is 0 Å². The molecule has 1 aromatic heterocycles. The maximum atomic E-state index is 13.7. The number of benzene rings is 1. The van der Waals surface area contributed by atoms with E-state index in [2.05, 4.69) is 9.97 Å². The molecular formula is C14H15F4N3. The lowest BCUT2D eigenvalue weighted by molar-refractivity contribution is -0.139. The second-order valence-corrected chi connectivity index (χ2v) is 4.96. The van der Waals surface area contributed by atoms with Crippen LogP contribution < -0.4 is 4.90 Å². The molecule has 1 aromatic carbocycles. The Kier molecular flexibility index (Phi) is 4.20. The Morgan fingerprint density at radius 3 is 2.48 bits per heavy atom. The molecule has 21 heavy (non-hydrogen) atoms. The Morgan fingerprint density at radius 1 is 1.29 bits per heavy atom. The van der Waals surface area contributed by atoms with Gasteiger partial charge in [-0.15, -0.1) is 0 Å². The maximum absolute atomic E-state index is 13.7.